The van der Waals surface area contributed by atoms with Crippen LogP contribution < -0.4 is 5.32 Å². The fourth-order valence-electron chi connectivity index (χ4n) is 2.61. The number of rotatable bonds is 1. The van der Waals surface area contributed by atoms with Crippen molar-refractivity contribution < 1.29 is 0 Å². The SMILES string of the molecule is Cc1cccc(C)c1C1CNCC1C. The van der Waals surface area contributed by atoms with Crippen LogP contribution in [0.3, 0.4) is 0 Å². The van der Waals surface area contributed by atoms with Crippen LogP contribution in [0, 0.1) is 19.8 Å². The summed E-state index contributed by atoms with van der Waals surface area (Å²) in [4.78, 5) is 0. The second-order valence-corrected chi connectivity index (χ2v) is 4.55. The summed E-state index contributed by atoms with van der Waals surface area (Å²) in [6, 6.07) is 6.61. The minimum Gasteiger partial charge on any atom is -0.316 e. The van der Waals surface area contributed by atoms with Gasteiger partial charge in [-0.3, -0.25) is 0 Å². The Labute approximate surface area is 86.5 Å². The molecular formula is C13H19N. The smallest absolute Gasteiger partial charge is 0.00235 e. The molecule has 1 N–H and O–H groups in total. The highest BCUT2D eigenvalue weighted by Gasteiger charge is 2.26. The molecule has 14 heavy (non-hydrogen) atoms. The van der Waals surface area contributed by atoms with E-state index >= 15 is 0 Å². The quantitative estimate of drug-likeness (QED) is 0.716. The third-order valence-corrected chi connectivity index (χ3v) is 3.43. The van der Waals surface area contributed by atoms with Crippen molar-refractivity contribution in [2.45, 2.75) is 26.7 Å². The lowest BCUT2D eigenvalue weighted by molar-refractivity contribution is 0.567. The van der Waals surface area contributed by atoms with Gasteiger partial charge < -0.3 is 5.32 Å². The van der Waals surface area contributed by atoms with Gasteiger partial charge in [0, 0.05) is 12.5 Å². The van der Waals surface area contributed by atoms with Crippen molar-refractivity contribution in [1.82, 2.24) is 5.32 Å². The van der Waals surface area contributed by atoms with Crippen molar-refractivity contribution in [3.63, 3.8) is 0 Å². The number of hydrogen-bond donors (Lipinski definition) is 1. The van der Waals surface area contributed by atoms with Gasteiger partial charge in [-0.15, -0.1) is 0 Å². The highest BCUT2D eigenvalue weighted by Crippen LogP contribution is 2.31. The molecule has 0 amide bonds. The van der Waals surface area contributed by atoms with Crippen molar-refractivity contribution in [2.24, 2.45) is 5.92 Å². The first-order valence-electron chi connectivity index (χ1n) is 5.47. The molecule has 1 aromatic rings. The van der Waals surface area contributed by atoms with Crippen LogP contribution in [0.2, 0.25) is 0 Å². The van der Waals surface area contributed by atoms with Gasteiger partial charge in [0.15, 0.2) is 0 Å². The van der Waals surface area contributed by atoms with Crippen LogP contribution in [-0.2, 0) is 0 Å². The van der Waals surface area contributed by atoms with Crippen molar-refractivity contribution in [2.75, 3.05) is 13.1 Å². The molecule has 1 nitrogen and oxygen atoms in total. The highest BCUT2D eigenvalue weighted by atomic mass is 14.9. The fraction of sp³-hybridized carbons (Fsp3) is 0.538. The molecule has 2 unspecified atom stereocenters. The van der Waals surface area contributed by atoms with Crippen molar-refractivity contribution in [3.8, 4) is 0 Å². The van der Waals surface area contributed by atoms with Crippen molar-refractivity contribution >= 4 is 0 Å². The summed E-state index contributed by atoms with van der Waals surface area (Å²) in [6.45, 7) is 9.11. The topological polar surface area (TPSA) is 12.0 Å². The maximum atomic E-state index is 3.48. The third kappa shape index (κ3) is 1.57. The molecule has 76 valence electrons. The molecule has 1 aromatic carbocycles. The Bertz CT molecular complexity index is 310. The minimum atomic E-state index is 0.719. The van der Waals surface area contributed by atoms with E-state index in [4.69, 9.17) is 0 Å². The molecule has 0 radical (unpaired) electrons. The van der Waals surface area contributed by atoms with Crippen LogP contribution in [0.25, 0.3) is 0 Å². The van der Waals surface area contributed by atoms with E-state index in [1.165, 1.54) is 17.7 Å². The van der Waals surface area contributed by atoms with Crippen LogP contribution >= 0.6 is 0 Å². The van der Waals surface area contributed by atoms with E-state index in [-0.39, 0.29) is 0 Å². The first-order valence-corrected chi connectivity index (χ1v) is 5.47. The molecule has 2 atom stereocenters. The maximum Gasteiger partial charge on any atom is 0.00235 e. The van der Waals surface area contributed by atoms with Crippen LogP contribution in [0.1, 0.15) is 29.5 Å². The van der Waals surface area contributed by atoms with Gasteiger partial charge in [0.05, 0.1) is 0 Å². The number of benzene rings is 1. The van der Waals surface area contributed by atoms with E-state index in [2.05, 4.69) is 44.3 Å². The molecule has 1 heteroatoms. The van der Waals surface area contributed by atoms with Crippen LogP contribution in [-0.4, -0.2) is 13.1 Å². The van der Waals surface area contributed by atoms with E-state index in [0.717, 1.165) is 18.4 Å². The molecule has 1 aliphatic heterocycles. The maximum absolute atomic E-state index is 3.48. The molecule has 2 rings (SSSR count). The second kappa shape index (κ2) is 3.74. The zero-order valence-corrected chi connectivity index (χ0v) is 9.30. The Kier molecular flexibility index (Phi) is 2.60. The third-order valence-electron chi connectivity index (χ3n) is 3.43. The molecular weight excluding hydrogens is 170 g/mol. The Morgan fingerprint density at radius 2 is 1.79 bits per heavy atom. The first kappa shape index (κ1) is 9.72. The van der Waals surface area contributed by atoms with Gasteiger partial charge in [-0.25, -0.2) is 0 Å². The van der Waals surface area contributed by atoms with E-state index in [0.29, 0.717) is 0 Å². The van der Waals surface area contributed by atoms with Crippen LogP contribution in [0.4, 0.5) is 0 Å². The predicted molar refractivity (Wildman–Crippen MR) is 60.7 cm³/mol. The molecule has 1 saturated heterocycles. The Balaban J connectivity index is 2.39. The summed E-state index contributed by atoms with van der Waals surface area (Å²) in [7, 11) is 0. The van der Waals surface area contributed by atoms with Gasteiger partial charge in [-0.2, -0.15) is 0 Å². The average molecular weight is 189 g/mol. The zero-order chi connectivity index (χ0) is 10.1. The van der Waals surface area contributed by atoms with Crippen LogP contribution in [0.15, 0.2) is 18.2 Å². The van der Waals surface area contributed by atoms with Crippen molar-refractivity contribution in [1.29, 1.82) is 0 Å². The van der Waals surface area contributed by atoms with Gasteiger partial charge in [0.1, 0.15) is 0 Å². The first-order chi connectivity index (χ1) is 6.70. The normalized spacial score (nSPS) is 26.8. The lowest BCUT2D eigenvalue weighted by Crippen LogP contribution is -2.10. The lowest BCUT2D eigenvalue weighted by atomic mass is 9.85. The average Bonchev–Trinajstić information content (AvgIpc) is 2.52. The van der Waals surface area contributed by atoms with Crippen molar-refractivity contribution in [3.05, 3.63) is 34.9 Å². The summed E-state index contributed by atoms with van der Waals surface area (Å²) in [6.07, 6.45) is 0. The molecule has 1 heterocycles. The minimum absolute atomic E-state index is 0.719. The molecule has 0 aromatic heterocycles. The second-order valence-electron chi connectivity index (χ2n) is 4.55. The standard InChI is InChI=1S/C13H19N/c1-9-5-4-6-10(2)13(9)12-8-14-7-11(12)3/h4-6,11-12,14H,7-8H2,1-3H3. The number of hydrogen-bond acceptors (Lipinski definition) is 1. The summed E-state index contributed by atoms with van der Waals surface area (Å²) >= 11 is 0. The lowest BCUT2D eigenvalue weighted by Gasteiger charge is -2.19. The van der Waals surface area contributed by atoms with E-state index in [1.54, 1.807) is 5.56 Å². The van der Waals surface area contributed by atoms with E-state index < -0.39 is 0 Å². The number of nitrogens with one attached hydrogen (secondary N) is 1. The molecule has 0 aliphatic carbocycles. The molecule has 0 bridgehead atoms. The van der Waals surface area contributed by atoms with Gasteiger partial charge >= 0.3 is 0 Å². The Morgan fingerprint density at radius 3 is 2.29 bits per heavy atom. The van der Waals surface area contributed by atoms with Crippen LogP contribution in [0.5, 0.6) is 0 Å². The largest absolute Gasteiger partial charge is 0.316 e. The summed E-state index contributed by atoms with van der Waals surface area (Å²) < 4.78 is 0. The zero-order valence-electron chi connectivity index (χ0n) is 9.30. The van der Waals surface area contributed by atoms with Gasteiger partial charge in [0.2, 0.25) is 0 Å². The summed E-state index contributed by atoms with van der Waals surface area (Å²) in [5, 5.41) is 3.48. The Morgan fingerprint density at radius 1 is 1.14 bits per heavy atom. The van der Waals surface area contributed by atoms with Gasteiger partial charge in [0.25, 0.3) is 0 Å². The molecule has 1 fully saturated rings. The summed E-state index contributed by atoms with van der Waals surface area (Å²) in [5.41, 5.74) is 4.47. The Hall–Kier alpha value is -0.820. The fourth-order valence-corrected chi connectivity index (χ4v) is 2.61. The predicted octanol–water partition coefficient (Wildman–Crippen LogP) is 2.63. The molecule has 1 aliphatic rings. The van der Waals surface area contributed by atoms with Gasteiger partial charge in [-0.05, 0) is 43.0 Å². The van der Waals surface area contributed by atoms with E-state index in [1.807, 2.05) is 0 Å². The summed E-state index contributed by atoms with van der Waals surface area (Å²) in [5.74, 6) is 1.49. The monoisotopic (exact) mass is 189 g/mol. The molecule has 0 spiro atoms. The van der Waals surface area contributed by atoms with E-state index in [9.17, 15) is 0 Å². The highest BCUT2D eigenvalue weighted by molar-refractivity contribution is 5.37. The number of aryl methyl sites for hydroxylation is 2. The van der Waals surface area contributed by atoms with Gasteiger partial charge in [-0.1, -0.05) is 25.1 Å². The molecule has 0 saturated carbocycles.